The van der Waals surface area contributed by atoms with Crippen LogP contribution in [0, 0.1) is 6.92 Å². The van der Waals surface area contributed by atoms with Gasteiger partial charge in [-0.25, -0.2) is 4.98 Å². The minimum Gasteiger partial charge on any atom is -0.326 e. The van der Waals surface area contributed by atoms with E-state index in [-0.39, 0.29) is 0 Å². The molecule has 0 atom stereocenters. The molecule has 3 heterocycles. The van der Waals surface area contributed by atoms with E-state index in [4.69, 9.17) is 17.3 Å². The normalized spacial score (nSPS) is 11.2. The van der Waals surface area contributed by atoms with Gasteiger partial charge in [0.1, 0.15) is 5.65 Å². The lowest BCUT2D eigenvalue weighted by atomic mass is 10.0. The number of fused-ring (bicyclic) bond motifs is 1. The average molecular weight is 349 g/mol. The number of aromatic nitrogens is 3. The predicted molar refractivity (Wildman–Crippen MR) is 101 cm³/mol. The summed E-state index contributed by atoms with van der Waals surface area (Å²) in [6, 6.07) is 12.0. The maximum absolute atomic E-state index is 6.50. The highest BCUT2D eigenvalue weighted by Gasteiger charge is 2.13. The van der Waals surface area contributed by atoms with Crippen molar-refractivity contribution in [3.05, 3.63) is 77.3 Å². The maximum atomic E-state index is 6.50. The molecule has 0 saturated heterocycles. The van der Waals surface area contributed by atoms with Crippen LogP contribution in [0.4, 0.5) is 0 Å². The highest BCUT2D eigenvalue weighted by Crippen LogP contribution is 2.33. The van der Waals surface area contributed by atoms with Gasteiger partial charge < -0.3 is 5.73 Å². The van der Waals surface area contributed by atoms with Crippen molar-refractivity contribution in [1.29, 1.82) is 0 Å². The molecular weight excluding hydrogens is 332 g/mol. The van der Waals surface area contributed by atoms with Gasteiger partial charge in [-0.05, 0) is 42.3 Å². The molecule has 0 aliphatic rings. The molecule has 0 amide bonds. The van der Waals surface area contributed by atoms with Gasteiger partial charge in [-0.3, -0.25) is 9.38 Å². The van der Waals surface area contributed by atoms with Crippen LogP contribution in [0.2, 0.25) is 5.02 Å². The number of nitrogens with zero attached hydrogens (tertiary/aromatic N) is 3. The minimum absolute atomic E-state index is 0.424. The van der Waals surface area contributed by atoms with E-state index in [0.717, 1.165) is 44.2 Å². The van der Waals surface area contributed by atoms with Crippen molar-refractivity contribution in [2.45, 2.75) is 13.5 Å². The highest BCUT2D eigenvalue weighted by molar-refractivity contribution is 6.33. The summed E-state index contributed by atoms with van der Waals surface area (Å²) in [7, 11) is 0. The number of pyridine rings is 2. The molecule has 25 heavy (non-hydrogen) atoms. The summed E-state index contributed by atoms with van der Waals surface area (Å²) in [5.41, 5.74) is 13.1. The lowest BCUT2D eigenvalue weighted by molar-refractivity contribution is 1.05. The van der Waals surface area contributed by atoms with Gasteiger partial charge in [0.25, 0.3) is 0 Å². The number of hydrogen-bond donors (Lipinski definition) is 1. The van der Waals surface area contributed by atoms with Crippen molar-refractivity contribution in [3.8, 4) is 22.4 Å². The van der Waals surface area contributed by atoms with Crippen LogP contribution in [0.25, 0.3) is 28.0 Å². The first-order valence-corrected chi connectivity index (χ1v) is 8.42. The third-order valence-electron chi connectivity index (χ3n) is 4.34. The second-order valence-corrected chi connectivity index (χ2v) is 6.41. The van der Waals surface area contributed by atoms with Gasteiger partial charge in [0.2, 0.25) is 0 Å². The molecule has 4 nitrogen and oxygen atoms in total. The van der Waals surface area contributed by atoms with Crippen LogP contribution < -0.4 is 5.73 Å². The Labute approximate surface area is 150 Å². The molecular formula is C20H17ClN4. The third kappa shape index (κ3) is 2.80. The fourth-order valence-corrected chi connectivity index (χ4v) is 3.39. The summed E-state index contributed by atoms with van der Waals surface area (Å²) in [6.45, 7) is 2.45. The molecule has 0 spiro atoms. The summed E-state index contributed by atoms with van der Waals surface area (Å²) >= 11 is 6.50. The van der Waals surface area contributed by atoms with Crippen molar-refractivity contribution in [2.24, 2.45) is 5.73 Å². The molecule has 0 unspecified atom stereocenters. The zero-order chi connectivity index (χ0) is 17.4. The van der Waals surface area contributed by atoms with Crippen LogP contribution in [0.15, 0.2) is 61.2 Å². The zero-order valence-corrected chi connectivity index (χ0v) is 14.5. The van der Waals surface area contributed by atoms with Gasteiger partial charge in [-0.15, -0.1) is 0 Å². The smallest absolute Gasteiger partial charge is 0.137 e. The number of aryl methyl sites for hydroxylation is 1. The van der Waals surface area contributed by atoms with E-state index in [1.165, 1.54) is 0 Å². The molecule has 0 radical (unpaired) electrons. The lowest BCUT2D eigenvalue weighted by Crippen LogP contribution is -2.02. The van der Waals surface area contributed by atoms with Crippen LogP contribution in [0.1, 0.15) is 11.1 Å². The van der Waals surface area contributed by atoms with Crippen LogP contribution in [0.5, 0.6) is 0 Å². The summed E-state index contributed by atoms with van der Waals surface area (Å²) in [5.74, 6) is 0. The molecule has 0 aliphatic heterocycles. The number of rotatable bonds is 3. The Morgan fingerprint density at radius 2 is 1.88 bits per heavy atom. The second-order valence-electron chi connectivity index (χ2n) is 6.01. The van der Waals surface area contributed by atoms with Gasteiger partial charge in [0.05, 0.1) is 11.9 Å². The molecule has 0 aliphatic carbocycles. The van der Waals surface area contributed by atoms with Gasteiger partial charge >= 0.3 is 0 Å². The Morgan fingerprint density at radius 1 is 1.08 bits per heavy atom. The number of nitrogens with two attached hydrogens (primary N) is 1. The van der Waals surface area contributed by atoms with Crippen LogP contribution in [0.3, 0.4) is 0 Å². The second kappa shape index (κ2) is 6.31. The quantitative estimate of drug-likeness (QED) is 0.593. The summed E-state index contributed by atoms with van der Waals surface area (Å²) in [4.78, 5) is 8.61. The van der Waals surface area contributed by atoms with Gasteiger partial charge in [-0.2, -0.15) is 0 Å². The summed E-state index contributed by atoms with van der Waals surface area (Å²) in [6.07, 6.45) is 7.49. The molecule has 124 valence electrons. The van der Waals surface area contributed by atoms with E-state index >= 15 is 0 Å². The van der Waals surface area contributed by atoms with Crippen molar-refractivity contribution in [3.63, 3.8) is 0 Å². The van der Waals surface area contributed by atoms with E-state index < -0.39 is 0 Å². The molecule has 5 heteroatoms. The fourth-order valence-electron chi connectivity index (χ4n) is 3.05. The molecule has 4 rings (SSSR count). The molecule has 0 bridgehead atoms. The molecule has 0 fully saturated rings. The van der Waals surface area contributed by atoms with E-state index in [1.807, 2.05) is 43.5 Å². The average Bonchev–Trinajstić information content (AvgIpc) is 3.04. The van der Waals surface area contributed by atoms with Crippen molar-refractivity contribution >= 4 is 17.2 Å². The van der Waals surface area contributed by atoms with Crippen LogP contribution in [-0.2, 0) is 6.54 Å². The fraction of sp³-hybridized carbons (Fsp3) is 0.100. The van der Waals surface area contributed by atoms with E-state index in [1.54, 1.807) is 12.4 Å². The van der Waals surface area contributed by atoms with Gasteiger partial charge in [0.15, 0.2) is 0 Å². The Balaban J connectivity index is 1.97. The van der Waals surface area contributed by atoms with Crippen LogP contribution in [-0.4, -0.2) is 14.4 Å². The standard InChI is InChI=1S/C20H17ClN4/c1-13-2-3-16(18(21)8-13)17-12-25-19(14-4-6-23-7-5-14)11-24-20(25)9-15(17)10-22/h2-9,11-12H,10,22H2,1H3. The maximum Gasteiger partial charge on any atom is 0.137 e. The number of halogens is 1. The van der Waals surface area contributed by atoms with Crippen molar-refractivity contribution in [1.82, 2.24) is 14.4 Å². The Morgan fingerprint density at radius 3 is 2.60 bits per heavy atom. The predicted octanol–water partition coefficient (Wildman–Crippen LogP) is 4.48. The Bertz CT molecular complexity index is 1050. The zero-order valence-electron chi connectivity index (χ0n) is 13.8. The summed E-state index contributed by atoms with van der Waals surface area (Å²) in [5, 5.41) is 0.722. The first kappa shape index (κ1) is 15.8. The largest absolute Gasteiger partial charge is 0.326 e. The lowest BCUT2D eigenvalue weighted by Gasteiger charge is -2.13. The van der Waals surface area contributed by atoms with E-state index in [0.29, 0.717) is 6.54 Å². The van der Waals surface area contributed by atoms with Crippen molar-refractivity contribution in [2.75, 3.05) is 0 Å². The first-order chi connectivity index (χ1) is 12.2. The number of hydrogen-bond acceptors (Lipinski definition) is 3. The Kier molecular flexibility index (Phi) is 3.99. The number of imidazole rings is 1. The molecule has 0 saturated carbocycles. The van der Waals surface area contributed by atoms with E-state index in [9.17, 15) is 0 Å². The third-order valence-corrected chi connectivity index (χ3v) is 4.66. The minimum atomic E-state index is 0.424. The SMILES string of the molecule is Cc1ccc(-c2cn3c(-c4ccncc4)cnc3cc2CN)c(Cl)c1. The number of benzene rings is 1. The van der Waals surface area contributed by atoms with Gasteiger partial charge in [0, 0.05) is 46.8 Å². The molecule has 4 aromatic rings. The highest BCUT2D eigenvalue weighted by atomic mass is 35.5. The molecule has 2 N–H and O–H groups in total. The van der Waals surface area contributed by atoms with E-state index in [2.05, 4.69) is 26.6 Å². The Hall–Kier alpha value is -2.69. The molecule has 1 aromatic carbocycles. The van der Waals surface area contributed by atoms with Crippen LogP contribution >= 0.6 is 11.6 Å². The van der Waals surface area contributed by atoms with Crippen molar-refractivity contribution < 1.29 is 0 Å². The summed E-state index contributed by atoms with van der Waals surface area (Å²) < 4.78 is 2.07. The first-order valence-electron chi connectivity index (χ1n) is 8.04. The topological polar surface area (TPSA) is 56.2 Å². The molecule has 3 aromatic heterocycles. The monoisotopic (exact) mass is 348 g/mol. The van der Waals surface area contributed by atoms with Gasteiger partial charge in [-0.1, -0.05) is 23.7 Å².